The molecule has 0 radical (unpaired) electrons. The zero-order chi connectivity index (χ0) is 18.4. The first-order valence-electron chi connectivity index (χ1n) is 7.84. The van der Waals surface area contributed by atoms with E-state index in [0.29, 0.717) is 30.2 Å². The van der Waals surface area contributed by atoms with Crippen LogP contribution in [0.1, 0.15) is 24.2 Å². The number of anilines is 1. The zero-order valence-corrected chi connectivity index (χ0v) is 15.2. The molecule has 0 aliphatic heterocycles. The second kappa shape index (κ2) is 8.09. The highest BCUT2D eigenvalue weighted by molar-refractivity contribution is 7.89. The number of amides is 1. The summed E-state index contributed by atoms with van der Waals surface area (Å²) in [5, 5.41) is 2.70. The third-order valence-electron chi connectivity index (χ3n) is 3.66. The first kappa shape index (κ1) is 18.9. The van der Waals surface area contributed by atoms with Gasteiger partial charge in [0.15, 0.2) is 0 Å². The number of methoxy groups -OCH3 is 1. The summed E-state index contributed by atoms with van der Waals surface area (Å²) < 4.78 is 31.2. The van der Waals surface area contributed by atoms with E-state index >= 15 is 0 Å². The second-order valence-corrected chi connectivity index (χ2v) is 7.09. The Morgan fingerprint density at radius 1 is 1.12 bits per heavy atom. The summed E-state index contributed by atoms with van der Waals surface area (Å²) >= 11 is 0. The van der Waals surface area contributed by atoms with Gasteiger partial charge in [-0.15, -0.1) is 0 Å². The van der Waals surface area contributed by atoms with E-state index in [4.69, 9.17) is 4.74 Å². The number of pyridine rings is 1. The number of sulfonamides is 1. The molecule has 0 aliphatic carbocycles. The molecule has 0 spiro atoms. The maximum atomic E-state index is 12.4. The van der Waals surface area contributed by atoms with Crippen LogP contribution < -0.4 is 10.1 Å². The molecule has 1 aromatic carbocycles. The molecule has 1 aromatic heterocycles. The van der Waals surface area contributed by atoms with E-state index in [1.807, 2.05) is 0 Å². The van der Waals surface area contributed by atoms with Gasteiger partial charge in [0.25, 0.3) is 5.91 Å². The molecule has 0 aliphatic rings. The normalized spacial score (nSPS) is 11.4. The predicted octanol–water partition coefficient (Wildman–Crippen LogP) is 2.37. The van der Waals surface area contributed by atoms with Crippen molar-refractivity contribution < 1.29 is 17.9 Å². The van der Waals surface area contributed by atoms with Crippen molar-refractivity contribution in [2.75, 3.05) is 25.5 Å². The van der Waals surface area contributed by atoms with Crippen LogP contribution in [0.3, 0.4) is 0 Å². The third-order valence-corrected chi connectivity index (χ3v) is 5.73. The number of nitrogens with zero attached hydrogens (tertiary/aromatic N) is 2. The Kier molecular flexibility index (Phi) is 6.11. The van der Waals surface area contributed by atoms with Crippen LogP contribution in [0.5, 0.6) is 5.88 Å². The van der Waals surface area contributed by atoms with Gasteiger partial charge in [-0.1, -0.05) is 13.8 Å². The number of aromatic nitrogens is 1. The molecule has 0 fully saturated rings. The summed E-state index contributed by atoms with van der Waals surface area (Å²) in [4.78, 5) is 16.4. The molecule has 0 saturated carbocycles. The Morgan fingerprint density at radius 3 is 2.24 bits per heavy atom. The molecule has 8 heteroatoms. The van der Waals surface area contributed by atoms with Crippen LogP contribution >= 0.6 is 0 Å². The van der Waals surface area contributed by atoms with Gasteiger partial charge in [0.2, 0.25) is 15.9 Å². The average molecular weight is 363 g/mol. The monoisotopic (exact) mass is 363 g/mol. The standard InChI is InChI=1S/C17H21N3O4S/c1-4-20(5-2)25(22,23)15-9-6-13(7-10-15)17(21)19-14-8-11-16(24-3)18-12-14/h6-12H,4-5H2,1-3H3,(H,19,21). The molecular formula is C17H21N3O4S. The van der Waals surface area contributed by atoms with Crippen molar-refractivity contribution in [1.29, 1.82) is 0 Å². The molecule has 0 saturated heterocycles. The van der Waals surface area contributed by atoms with Crippen LogP contribution in [0.25, 0.3) is 0 Å². The molecule has 0 bridgehead atoms. The maximum Gasteiger partial charge on any atom is 0.255 e. The number of hydrogen-bond donors (Lipinski definition) is 1. The summed E-state index contributed by atoms with van der Waals surface area (Å²) in [6.45, 7) is 4.36. The summed E-state index contributed by atoms with van der Waals surface area (Å²) in [5.41, 5.74) is 0.875. The van der Waals surface area contributed by atoms with Crippen molar-refractivity contribution in [2.45, 2.75) is 18.7 Å². The Labute approximate surface area is 147 Å². The first-order chi connectivity index (χ1) is 11.9. The van der Waals surface area contributed by atoms with Gasteiger partial charge in [0.05, 0.1) is 23.9 Å². The molecule has 0 atom stereocenters. The fourth-order valence-corrected chi connectivity index (χ4v) is 3.73. The highest BCUT2D eigenvalue weighted by atomic mass is 32.2. The van der Waals surface area contributed by atoms with Crippen LogP contribution in [0, 0.1) is 0 Å². The second-order valence-electron chi connectivity index (χ2n) is 5.16. The average Bonchev–Trinajstić information content (AvgIpc) is 2.63. The summed E-state index contributed by atoms with van der Waals surface area (Å²) in [6.07, 6.45) is 1.48. The smallest absolute Gasteiger partial charge is 0.255 e. The van der Waals surface area contributed by atoms with E-state index in [0.717, 1.165) is 0 Å². The van der Waals surface area contributed by atoms with Crippen molar-refractivity contribution in [1.82, 2.24) is 9.29 Å². The van der Waals surface area contributed by atoms with Gasteiger partial charge in [-0.25, -0.2) is 13.4 Å². The molecule has 134 valence electrons. The number of carbonyl (C=O) groups is 1. The van der Waals surface area contributed by atoms with E-state index in [-0.39, 0.29) is 10.8 Å². The minimum Gasteiger partial charge on any atom is -0.481 e. The quantitative estimate of drug-likeness (QED) is 0.816. The Balaban J connectivity index is 2.14. The van der Waals surface area contributed by atoms with Gasteiger partial charge < -0.3 is 10.1 Å². The molecule has 2 aromatic rings. The molecule has 7 nitrogen and oxygen atoms in total. The lowest BCUT2D eigenvalue weighted by atomic mass is 10.2. The molecule has 1 amide bonds. The van der Waals surface area contributed by atoms with Crippen LogP contribution in [-0.2, 0) is 10.0 Å². The molecule has 1 N–H and O–H groups in total. The van der Waals surface area contributed by atoms with Gasteiger partial charge in [0, 0.05) is 24.7 Å². The Morgan fingerprint density at radius 2 is 1.76 bits per heavy atom. The van der Waals surface area contributed by atoms with E-state index in [9.17, 15) is 13.2 Å². The van der Waals surface area contributed by atoms with Crippen LogP contribution in [0.15, 0.2) is 47.5 Å². The zero-order valence-electron chi connectivity index (χ0n) is 14.4. The molecule has 1 heterocycles. The van der Waals surface area contributed by atoms with Gasteiger partial charge in [-0.05, 0) is 30.3 Å². The van der Waals surface area contributed by atoms with Gasteiger partial charge in [-0.3, -0.25) is 4.79 Å². The maximum absolute atomic E-state index is 12.4. The SMILES string of the molecule is CCN(CC)S(=O)(=O)c1ccc(C(=O)Nc2ccc(OC)nc2)cc1. The molecule has 25 heavy (non-hydrogen) atoms. The number of rotatable bonds is 7. The fourth-order valence-electron chi connectivity index (χ4n) is 2.27. The summed E-state index contributed by atoms with van der Waals surface area (Å²) in [5.74, 6) is 0.0997. The topological polar surface area (TPSA) is 88.6 Å². The number of nitrogens with one attached hydrogen (secondary N) is 1. The predicted molar refractivity (Wildman–Crippen MR) is 95.3 cm³/mol. The largest absolute Gasteiger partial charge is 0.481 e. The van der Waals surface area contributed by atoms with Crippen molar-refractivity contribution in [3.63, 3.8) is 0 Å². The van der Waals surface area contributed by atoms with E-state index < -0.39 is 10.0 Å². The van der Waals surface area contributed by atoms with Crippen molar-refractivity contribution in [2.24, 2.45) is 0 Å². The van der Waals surface area contributed by atoms with E-state index in [2.05, 4.69) is 10.3 Å². The van der Waals surface area contributed by atoms with Gasteiger partial charge in [0.1, 0.15) is 0 Å². The van der Waals surface area contributed by atoms with Crippen molar-refractivity contribution in [3.8, 4) is 5.88 Å². The van der Waals surface area contributed by atoms with Gasteiger partial charge in [-0.2, -0.15) is 4.31 Å². The minimum absolute atomic E-state index is 0.166. The molecule has 0 unspecified atom stereocenters. The van der Waals surface area contributed by atoms with Crippen molar-refractivity contribution >= 4 is 21.6 Å². The minimum atomic E-state index is -3.53. The fraction of sp³-hybridized carbons (Fsp3) is 0.294. The third kappa shape index (κ3) is 4.34. The van der Waals surface area contributed by atoms with Crippen LogP contribution in [0.2, 0.25) is 0 Å². The molecular weight excluding hydrogens is 342 g/mol. The van der Waals surface area contributed by atoms with Crippen LogP contribution in [0.4, 0.5) is 5.69 Å². The number of carbonyl (C=O) groups excluding carboxylic acids is 1. The van der Waals surface area contributed by atoms with Gasteiger partial charge >= 0.3 is 0 Å². The lowest BCUT2D eigenvalue weighted by Crippen LogP contribution is -2.30. The number of hydrogen-bond acceptors (Lipinski definition) is 5. The highest BCUT2D eigenvalue weighted by Gasteiger charge is 2.21. The highest BCUT2D eigenvalue weighted by Crippen LogP contribution is 2.17. The first-order valence-corrected chi connectivity index (χ1v) is 9.28. The Hall–Kier alpha value is -2.45. The number of ether oxygens (including phenoxy) is 1. The summed E-state index contributed by atoms with van der Waals surface area (Å²) in [6, 6.07) is 9.16. The van der Waals surface area contributed by atoms with E-state index in [1.54, 1.807) is 26.0 Å². The molecule has 2 rings (SSSR count). The summed E-state index contributed by atoms with van der Waals surface area (Å²) in [7, 11) is -2.02. The lowest BCUT2D eigenvalue weighted by molar-refractivity contribution is 0.102. The van der Waals surface area contributed by atoms with E-state index in [1.165, 1.54) is 41.9 Å². The number of benzene rings is 1. The van der Waals surface area contributed by atoms with Crippen LogP contribution in [-0.4, -0.2) is 43.8 Å². The Bertz CT molecular complexity index is 814. The van der Waals surface area contributed by atoms with Crippen molar-refractivity contribution in [3.05, 3.63) is 48.2 Å². The lowest BCUT2D eigenvalue weighted by Gasteiger charge is -2.18.